The van der Waals surface area contributed by atoms with Crippen LogP contribution in [0.15, 0.2) is 6.20 Å². The topological polar surface area (TPSA) is 48.4 Å². The lowest BCUT2D eigenvalue weighted by atomic mass is 10.2. The van der Waals surface area contributed by atoms with Crippen molar-refractivity contribution in [1.82, 2.24) is 4.98 Å². The van der Waals surface area contributed by atoms with E-state index >= 15 is 0 Å². The molecule has 0 aliphatic heterocycles. The Morgan fingerprint density at radius 1 is 1.29 bits per heavy atom. The van der Waals surface area contributed by atoms with E-state index in [1.165, 1.54) is 6.92 Å². The van der Waals surface area contributed by atoms with Crippen molar-refractivity contribution in [3.8, 4) is 5.75 Å². The molecule has 0 bridgehead atoms. The third-order valence-electron chi connectivity index (χ3n) is 1.96. The number of hydrogen-bond acceptors (Lipinski definition) is 4. The van der Waals surface area contributed by atoms with Crippen LogP contribution in [0.3, 0.4) is 0 Å². The van der Waals surface area contributed by atoms with Gasteiger partial charge in [-0.1, -0.05) is 0 Å². The summed E-state index contributed by atoms with van der Waals surface area (Å²) in [6, 6.07) is 0. The van der Waals surface area contributed by atoms with Crippen molar-refractivity contribution in [2.45, 2.75) is 19.5 Å². The highest BCUT2D eigenvalue weighted by Gasteiger charge is 2.43. The Morgan fingerprint density at radius 3 is 2.29 bits per heavy atom. The molecule has 0 aliphatic rings. The predicted molar refractivity (Wildman–Crippen MR) is 64.6 cm³/mol. The van der Waals surface area contributed by atoms with Crippen molar-refractivity contribution in [2.75, 3.05) is 6.61 Å². The highest BCUT2D eigenvalue weighted by atomic mass is 127. The molecule has 0 fully saturated rings. The zero-order valence-electron chi connectivity index (χ0n) is 10.1. The first-order valence-electron chi connectivity index (χ1n) is 5.16. The van der Waals surface area contributed by atoms with Crippen molar-refractivity contribution >= 4 is 28.6 Å². The first kappa shape index (κ1) is 17.8. The van der Waals surface area contributed by atoms with Crippen LogP contribution in [0.4, 0.5) is 26.3 Å². The molecule has 0 saturated heterocycles. The summed E-state index contributed by atoms with van der Waals surface area (Å²) in [6.07, 6.45) is -10.0. The number of halogens is 7. The summed E-state index contributed by atoms with van der Waals surface area (Å²) < 4.78 is 81.9. The smallest absolute Gasteiger partial charge is 0.462 e. The van der Waals surface area contributed by atoms with Gasteiger partial charge in [-0.25, -0.2) is 9.78 Å². The largest absolute Gasteiger partial charge is 0.573 e. The van der Waals surface area contributed by atoms with Crippen molar-refractivity contribution in [3.63, 3.8) is 0 Å². The van der Waals surface area contributed by atoms with Crippen molar-refractivity contribution in [2.24, 2.45) is 0 Å². The van der Waals surface area contributed by atoms with Crippen LogP contribution in [0.2, 0.25) is 0 Å². The van der Waals surface area contributed by atoms with Crippen LogP contribution in [0, 0.1) is 3.57 Å². The number of carbonyl (C=O) groups is 1. The van der Waals surface area contributed by atoms with Crippen LogP contribution >= 0.6 is 22.6 Å². The molecule has 0 aliphatic carbocycles. The van der Waals surface area contributed by atoms with Gasteiger partial charge in [0, 0.05) is 6.20 Å². The summed E-state index contributed by atoms with van der Waals surface area (Å²) in [5, 5.41) is 0. The molecule has 0 saturated carbocycles. The Bertz CT molecular complexity index is 543. The van der Waals surface area contributed by atoms with E-state index in [-0.39, 0.29) is 6.61 Å². The lowest BCUT2D eigenvalue weighted by Crippen LogP contribution is -2.23. The van der Waals surface area contributed by atoms with E-state index in [0.717, 1.165) is 22.6 Å². The number of rotatable bonds is 3. The average molecular weight is 429 g/mol. The first-order valence-corrected chi connectivity index (χ1v) is 6.23. The lowest BCUT2D eigenvalue weighted by molar-refractivity contribution is -0.276. The quantitative estimate of drug-likeness (QED) is 0.417. The minimum absolute atomic E-state index is 0.106. The Hall–Kier alpha value is -1.27. The number of ether oxygens (including phenoxy) is 2. The molecule has 11 heteroatoms. The maximum atomic E-state index is 12.7. The van der Waals surface area contributed by atoms with Gasteiger partial charge in [0.2, 0.25) is 0 Å². The molecule has 0 unspecified atom stereocenters. The Kier molecular flexibility index (Phi) is 5.28. The Morgan fingerprint density at radius 2 is 1.86 bits per heavy atom. The van der Waals surface area contributed by atoms with Gasteiger partial charge in [-0.05, 0) is 29.5 Å². The maximum Gasteiger partial charge on any atom is 0.573 e. The van der Waals surface area contributed by atoms with E-state index < -0.39 is 39.1 Å². The number of esters is 1. The molecule has 21 heavy (non-hydrogen) atoms. The fourth-order valence-electron chi connectivity index (χ4n) is 1.23. The second-order valence-corrected chi connectivity index (χ2v) is 4.51. The maximum absolute atomic E-state index is 12.7. The van der Waals surface area contributed by atoms with E-state index in [2.05, 4.69) is 14.5 Å². The second-order valence-electron chi connectivity index (χ2n) is 3.43. The van der Waals surface area contributed by atoms with Crippen LogP contribution in [0.5, 0.6) is 5.75 Å². The summed E-state index contributed by atoms with van der Waals surface area (Å²) in [5.74, 6) is -2.68. The molecule has 0 aromatic carbocycles. The predicted octanol–water partition coefficient (Wildman–Crippen LogP) is 3.78. The van der Waals surface area contributed by atoms with Gasteiger partial charge in [-0.15, -0.1) is 13.2 Å². The number of nitrogens with zero attached hydrogens (tertiary/aromatic N) is 1. The van der Waals surface area contributed by atoms with E-state index in [0.29, 0.717) is 6.20 Å². The second kappa shape index (κ2) is 6.23. The van der Waals surface area contributed by atoms with Crippen LogP contribution in [-0.4, -0.2) is 23.9 Å². The molecule has 1 rings (SSSR count). The van der Waals surface area contributed by atoms with Gasteiger partial charge in [0.05, 0.1) is 15.7 Å². The molecule has 1 aromatic heterocycles. The van der Waals surface area contributed by atoms with Gasteiger partial charge in [0.15, 0.2) is 11.4 Å². The minimum atomic E-state index is -5.37. The van der Waals surface area contributed by atoms with E-state index in [1.54, 1.807) is 0 Å². The molecular formula is C10H6F6INO3. The van der Waals surface area contributed by atoms with E-state index in [9.17, 15) is 31.1 Å². The van der Waals surface area contributed by atoms with Crippen LogP contribution in [0.1, 0.15) is 23.0 Å². The van der Waals surface area contributed by atoms with Gasteiger partial charge in [0.25, 0.3) is 0 Å². The van der Waals surface area contributed by atoms with Gasteiger partial charge >= 0.3 is 18.5 Å². The molecule has 0 atom stereocenters. The minimum Gasteiger partial charge on any atom is -0.462 e. The number of carbonyl (C=O) groups excluding carboxylic acids is 1. The van der Waals surface area contributed by atoms with E-state index in [1.807, 2.05) is 0 Å². The van der Waals surface area contributed by atoms with Gasteiger partial charge in [-0.2, -0.15) is 13.2 Å². The zero-order chi connectivity index (χ0) is 16.4. The third kappa shape index (κ3) is 4.61. The average Bonchev–Trinajstić information content (AvgIpc) is 2.28. The summed E-state index contributed by atoms with van der Waals surface area (Å²) in [4.78, 5) is 14.3. The SMILES string of the molecule is CCOC(=O)c1cnc(C(F)(F)F)c(OC(F)(F)F)c1I. The molecular weight excluding hydrogens is 423 g/mol. The molecule has 118 valence electrons. The molecule has 0 N–H and O–H groups in total. The highest BCUT2D eigenvalue weighted by Crippen LogP contribution is 2.40. The van der Waals surface area contributed by atoms with Crippen LogP contribution in [0.25, 0.3) is 0 Å². The summed E-state index contributed by atoms with van der Waals surface area (Å²) in [5.41, 5.74) is -2.43. The number of alkyl halides is 6. The van der Waals surface area contributed by atoms with Gasteiger partial charge in [-0.3, -0.25) is 0 Å². The molecule has 0 amide bonds. The zero-order valence-corrected chi connectivity index (χ0v) is 12.3. The van der Waals surface area contributed by atoms with Crippen molar-refractivity contribution in [1.29, 1.82) is 0 Å². The number of pyridine rings is 1. The van der Waals surface area contributed by atoms with Gasteiger partial charge in [0.1, 0.15) is 0 Å². The van der Waals surface area contributed by atoms with E-state index in [4.69, 9.17) is 0 Å². The Balaban J connectivity index is 3.45. The fraction of sp³-hybridized carbons (Fsp3) is 0.400. The molecule has 0 radical (unpaired) electrons. The molecule has 4 nitrogen and oxygen atoms in total. The summed E-state index contributed by atoms with van der Waals surface area (Å²) >= 11 is 1.14. The van der Waals surface area contributed by atoms with Crippen LogP contribution in [-0.2, 0) is 10.9 Å². The normalized spacial score (nSPS) is 12.2. The first-order chi connectivity index (χ1) is 9.47. The standard InChI is InChI=1S/C10H6F6INO3/c1-2-20-8(19)4-3-18-7(9(11,12)13)6(5(4)17)21-10(14,15)16/h3H,2H2,1H3. The Labute approximate surface area is 127 Å². The summed E-state index contributed by atoms with van der Waals surface area (Å²) in [6.45, 7) is 1.32. The fourth-order valence-corrected chi connectivity index (χ4v) is 1.96. The molecule has 0 spiro atoms. The molecule has 1 heterocycles. The van der Waals surface area contributed by atoms with Crippen LogP contribution < -0.4 is 4.74 Å². The van der Waals surface area contributed by atoms with Crippen molar-refractivity contribution < 1.29 is 40.6 Å². The van der Waals surface area contributed by atoms with Gasteiger partial charge < -0.3 is 9.47 Å². The number of hydrogen-bond donors (Lipinski definition) is 0. The lowest BCUT2D eigenvalue weighted by Gasteiger charge is -2.17. The molecule has 1 aromatic rings. The highest BCUT2D eigenvalue weighted by molar-refractivity contribution is 14.1. The third-order valence-corrected chi connectivity index (χ3v) is 3.03. The summed E-state index contributed by atoms with van der Waals surface area (Å²) in [7, 11) is 0. The number of aromatic nitrogens is 1. The van der Waals surface area contributed by atoms with Crippen molar-refractivity contribution in [3.05, 3.63) is 21.0 Å². The monoisotopic (exact) mass is 429 g/mol.